The first-order valence-electron chi connectivity index (χ1n) is 8.11. The van der Waals surface area contributed by atoms with E-state index in [1.807, 2.05) is 31.5 Å². The van der Waals surface area contributed by atoms with Crippen molar-refractivity contribution in [2.75, 3.05) is 13.2 Å². The minimum atomic E-state index is -3.12. The second kappa shape index (κ2) is 5.91. The molecule has 0 bridgehead atoms. The summed E-state index contributed by atoms with van der Waals surface area (Å²) in [4.78, 5) is 3.26. The van der Waals surface area contributed by atoms with Crippen LogP contribution in [0.25, 0.3) is 22.0 Å². The molecule has 4 rings (SSSR count). The molecule has 8 heteroatoms. The molecule has 0 aliphatic carbocycles. The first-order chi connectivity index (χ1) is 12.0. The standard InChI is InChI=1S/C17H19F2N5O/c1-10-16(24(10)23-8-17(18,19)9-25)14-7-20-15-4-11(2-3-13(14)15)12-5-21-22-6-12/h2-7,10,16,20,23,25H,8-9H2,1H3,(H,21,22)/t10-,16+,24?/m1/s1. The van der Waals surface area contributed by atoms with Crippen molar-refractivity contribution in [1.82, 2.24) is 25.6 Å². The molecule has 1 unspecified atom stereocenters. The van der Waals surface area contributed by atoms with E-state index in [-0.39, 0.29) is 12.1 Å². The molecule has 0 amide bonds. The topological polar surface area (TPSA) is 79.7 Å². The van der Waals surface area contributed by atoms with Crippen molar-refractivity contribution in [2.24, 2.45) is 0 Å². The van der Waals surface area contributed by atoms with Crippen molar-refractivity contribution >= 4 is 10.9 Å². The molecular weight excluding hydrogens is 328 g/mol. The highest BCUT2D eigenvalue weighted by molar-refractivity contribution is 5.88. The van der Waals surface area contributed by atoms with Gasteiger partial charge in [-0.3, -0.25) is 5.10 Å². The average Bonchev–Trinajstić information content (AvgIpc) is 3.05. The number of aromatic amines is 2. The SMILES string of the molecule is C[C@@H]1[C@@H](c2c[nH]c3cc(-c4cn[nH]c4)ccc23)N1NCC(F)(F)CO. The number of hydrogen-bond acceptors (Lipinski definition) is 4. The van der Waals surface area contributed by atoms with Crippen LogP contribution in [0.15, 0.2) is 36.8 Å². The van der Waals surface area contributed by atoms with Gasteiger partial charge in [0.15, 0.2) is 0 Å². The second-order valence-corrected chi connectivity index (χ2v) is 6.43. The molecule has 3 atom stereocenters. The Hall–Kier alpha value is -2.29. The molecule has 25 heavy (non-hydrogen) atoms. The Morgan fingerprint density at radius 2 is 2.16 bits per heavy atom. The Labute approximate surface area is 142 Å². The lowest BCUT2D eigenvalue weighted by Crippen LogP contribution is -2.39. The Morgan fingerprint density at radius 1 is 1.32 bits per heavy atom. The van der Waals surface area contributed by atoms with Gasteiger partial charge in [0.2, 0.25) is 0 Å². The number of fused-ring (bicyclic) bond motifs is 1. The number of alkyl halides is 2. The first-order valence-corrected chi connectivity index (χ1v) is 8.11. The zero-order valence-corrected chi connectivity index (χ0v) is 13.6. The Balaban J connectivity index is 1.54. The maximum Gasteiger partial charge on any atom is 0.284 e. The van der Waals surface area contributed by atoms with Crippen molar-refractivity contribution in [3.05, 3.63) is 42.4 Å². The number of hydrogen-bond donors (Lipinski definition) is 4. The normalized spacial score (nSPS) is 23.3. The van der Waals surface area contributed by atoms with Gasteiger partial charge in [0.05, 0.1) is 18.8 Å². The summed E-state index contributed by atoms with van der Waals surface area (Å²) in [7, 11) is 0. The molecule has 1 aliphatic heterocycles. The summed E-state index contributed by atoms with van der Waals surface area (Å²) in [5.41, 5.74) is 6.85. The third-order valence-electron chi connectivity index (χ3n) is 4.72. The van der Waals surface area contributed by atoms with E-state index in [9.17, 15) is 8.78 Å². The molecule has 1 aromatic carbocycles. The van der Waals surface area contributed by atoms with Crippen LogP contribution in [0.2, 0.25) is 0 Å². The van der Waals surface area contributed by atoms with E-state index in [0.717, 1.165) is 27.6 Å². The van der Waals surface area contributed by atoms with Crippen LogP contribution in [0.5, 0.6) is 0 Å². The molecular formula is C17H19F2N5O. The highest BCUT2D eigenvalue weighted by Gasteiger charge is 2.47. The fourth-order valence-corrected chi connectivity index (χ4v) is 3.25. The summed E-state index contributed by atoms with van der Waals surface area (Å²) in [6.07, 6.45) is 5.53. The molecule has 3 aromatic rings. The highest BCUT2D eigenvalue weighted by Crippen LogP contribution is 2.44. The summed E-state index contributed by atoms with van der Waals surface area (Å²) in [6, 6.07) is 6.25. The van der Waals surface area contributed by atoms with Crippen LogP contribution in [-0.4, -0.2) is 50.4 Å². The number of hydrazine groups is 1. The van der Waals surface area contributed by atoms with Crippen LogP contribution < -0.4 is 5.43 Å². The maximum absolute atomic E-state index is 13.2. The smallest absolute Gasteiger partial charge is 0.284 e. The largest absolute Gasteiger partial charge is 0.390 e. The molecule has 132 valence electrons. The molecule has 3 heterocycles. The van der Waals surface area contributed by atoms with Crippen LogP contribution in [0, 0.1) is 0 Å². The Bertz CT molecular complexity index is 876. The van der Waals surface area contributed by atoms with E-state index in [0.29, 0.717) is 0 Å². The lowest BCUT2D eigenvalue weighted by molar-refractivity contribution is -0.0549. The molecule has 6 nitrogen and oxygen atoms in total. The lowest BCUT2D eigenvalue weighted by atomic mass is 10.0. The Kier molecular flexibility index (Phi) is 3.82. The molecule has 0 saturated carbocycles. The molecule has 0 spiro atoms. The monoisotopic (exact) mass is 347 g/mol. The van der Waals surface area contributed by atoms with Gasteiger partial charge < -0.3 is 10.1 Å². The summed E-state index contributed by atoms with van der Waals surface area (Å²) < 4.78 is 26.4. The number of rotatable bonds is 6. The van der Waals surface area contributed by atoms with Crippen LogP contribution in [-0.2, 0) is 0 Å². The number of halogens is 2. The van der Waals surface area contributed by atoms with E-state index in [1.54, 1.807) is 11.2 Å². The van der Waals surface area contributed by atoms with E-state index in [2.05, 4.69) is 26.7 Å². The van der Waals surface area contributed by atoms with Crippen molar-refractivity contribution in [1.29, 1.82) is 0 Å². The minimum Gasteiger partial charge on any atom is -0.390 e. The fraction of sp³-hybridized carbons (Fsp3) is 0.353. The number of benzene rings is 1. The predicted molar refractivity (Wildman–Crippen MR) is 90.0 cm³/mol. The van der Waals surface area contributed by atoms with Crippen molar-refractivity contribution < 1.29 is 13.9 Å². The summed E-state index contributed by atoms with van der Waals surface area (Å²) in [5, 5.41) is 18.3. The van der Waals surface area contributed by atoms with Crippen molar-refractivity contribution in [3.8, 4) is 11.1 Å². The molecule has 1 saturated heterocycles. The fourth-order valence-electron chi connectivity index (χ4n) is 3.25. The van der Waals surface area contributed by atoms with E-state index >= 15 is 0 Å². The van der Waals surface area contributed by atoms with Gasteiger partial charge in [-0.05, 0) is 24.1 Å². The lowest BCUT2D eigenvalue weighted by Gasteiger charge is -2.14. The average molecular weight is 347 g/mol. The number of nitrogens with zero attached hydrogens (tertiary/aromatic N) is 2. The quantitative estimate of drug-likeness (QED) is 0.517. The second-order valence-electron chi connectivity index (χ2n) is 6.43. The molecule has 2 aromatic heterocycles. The van der Waals surface area contributed by atoms with Crippen molar-refractivity contribution in [3.63, 3.8) is 0 Å². The first kappa shape index (κ1) is 16.2. The van der Waals surface area contributed by atoms with Crippen LogP contribution in [0.3, 0.4) is 0 Å². The van der Waals surface area contributed by atoms with E-state index < -0.39 is 19.1 Å². The highest BCUT2D eigenvalue weighted by atomic mass is 19.3. The van der Waals surface area contributed by atoms with E-state index in [1.165, 1.54) is 0 Å². The van der Waals surface area contributed by atoms with Gasteiger partial charge in [0, 0.05) is 34.9 Å². The molecule has 4 N–H and O–H groups in total. The van der Waals surface area contributed by atoms with Gasteiger partial charge in [0.25, 0.3) is 5.92 Å². The number of H-pyrrole nitrogens is 2. The zero-order chi connectivity index (χ0) is 17.6. The zero-order valence-electron chi connectivity index (χ0n) is 13.6. The molecule has 0 radical (unpaired) electrons. The Morgan fingerprint density at radius 3 is 2.88 bits per heavy atom. The van der Waals surface area contributed by atoms with Crippen LogP contribution in [0.1, 0.15) is 18.5 Å². The molecule has 1 fully saturated rings. The van der Waals surface area contributed by atoms with Crippen LogP contribution >= 0.6 is 0 Å². The third kappa shape index (κ3) is 2.92. The van der Waals surface area contributed by atoms with E-state index in [4.69, 9.17) is 5.11 Å². The van der Waals surface area contributed by atoms with Gasteiger partial charge in [-0.25, -0.2) is 19.2 Å². The van der Waals surface area contributed by atoms with Gasteiger partial charge in [0.1, 0.15) is 6.61 Å². The van der Waals surface area contributed by atoms with Gasteiger partial charge in [-0.2, -0.15) is 5.10 Å². The van der Waals surface area contributed by atoms with Gasteiger partial charge >= 0.3 is 0 Å². The summed E-state index contributed by atoms with van der Waals surface area (Å²) >= 11 is 0. The minimum absolute atomic E-state index is 0.0306. The third-order valence-corrected chi connectivity index (χ3v) is 4.72. The molecule has 1 aliphatic rings. The predicted octanol–water partition coefficient (Wildman–Crippen LogP) is 2.44. The van der Waals surface area contributed by atoms with Crippen LogP contribution in [0.4, 0.5) is 8.78 Å². The summed E-state index contributed by atoms with van der Waals surface area (Å²) in [5.74, 6) is -3.12. The van der Waals surface area contributed by atoms with Crippen molar-refractivity contribution in [2.45, 2.75) is 24.9 Å². The maximum atomic E-state index is 13.2. The number of aliphatic hydroxyl groups is 1. The number of aliphatic hydroxyl groups excluding tert-OH is 1. The number of nitrogens with one attached hydrogen (secondary N) is 3. The number of aromatic nitrogens is 3. The summed E-state index contributed by atoms with van der Waals surface area (Å²) in [6.45, 7) is 0.252. The van der Waals surface area contributed by atoms with Gasteiger partial charge in [-0.15, -0.1) is 0 Å². The van der Waals surface area contributed by atoms with Gasteiger partial charge in [-0.1, -0.05) is 12.1 Å².